The quantitative estimate of drug-likeness (QED) is 0.885. The van der Waals surface area contributed by atoms with Crippen LogP contribution in [-0.4, -0.2) is 28.4 Å². The number of rotatable bonds is 2. The Morgan fingerprint density at radius 1 is 1.21 bits per heavy atom. The first-order valence-corrected chi connectivity index (χ1v) is 9.40. The molecular formula is C21H32N2O. The highest BCUT2D eigenvalue weighted by Gasteiger charge is 2.52. The molecule has 1 aromatic rings. The Kier molecular flexibility index (Phi) is 4.74. The van der Waals surface area contributed by atoms with E-state index in [1.165, 1.54) is 12.0 Å². The zero-order chi connectivity index (χ0) is 17.4. The summed E-state index contributed by atoms with van der Waals surface area (Å²) >= 11 is 0. The molecule has 2 aliphatic heterocycles. The smallest absolute Gasteiger partial charge is 0.220 e. The second-order valence-corrected chi connectivity index (χ2v) is 8.97. The van der Waals surface area contributed by atoms with Crippen molar-refractivity contribution in [2.75, 3.05) is 0 Å². The fraction of sp³-hybridized carbons (Fsp3) is 0.667. The number of carbonyl (C=O) groups excluding carboxylic acids is 1. The van der Waals surface area contributed by atoms with Crippen molar-refractivity contribution in [1.29, 1.82) is 0 Å². The molecule has 24 heavy (non-hydrogen) atoms. The van der Waals surface area contributed by atoms with Gasteiger partial charge in [-0.25, -0.2) is 0 Å². The van der Waals surface area contributed by atoms with Gasteiger partial charge in [-0.05, 0) is 37.2 Å². The molecule has 3 nitrogen and oxygen atoms in total. The Morgan fingerprint density at radius 2 is 1.92 bits per heavy atom. The third kappa shape index (κ3) is 3.51. The van der Waals surface area contributed by atoms with Gasteiger partial charge in [0.05, 0.1) is 5.54 Å². The van der Waals surface area contributed by atoms with Crippen molar-refractivity contribution < 1.29 is 4.79 Å². The second-order valence-electron chi connectivity index (χ2n) is 8.97. The summed E-state index contributed by atoms with van der Waals surface area (Å²) in [5.74, 6) is 0.233. The molecule has 2 saturated heterocycles. The highest BCUT2D eigenvalue weighted by Crippen LogP contribution is 2.44. The van der Waals surface area contributed by atoms with E-state index in [-0.39, 0.29) is 16.9 Å². The largest absolute Gasteiger partial charge is 0.349 e. The van der Waals surface area contributed by atoms with Gasteiger partial charge < -0.3 is 5.32 Å². The van der Waals surface area contributed by atoms with E-state index < -0.39 is 0 Å². The van der Waals surface area contributed by atoms with Crippen LogP contribution in [0, 0.1) is 5.41 Å². The summed E-state index contributed by atoms with van der Waals surface area (Å²) < 4.78 is 0. The molecule has 132 valence electrons. The predicted octanol–water partition coefficient (Wildman–Crippen LogP) is 4.12. The van der Waals surface area contributed by atoms with E-state index in [9.17, 15) is 4.79 Å². The molecule has 2 aliphatic rings. The van der Waals surface area contributed by atoms with Crippen LogP contribution in [0.1, 0.15) is 65.4 Å². The number of amides is 1. The Balaban J connectivity index is 1.93. The number of fused-ring (bicyclic) bond motifs is 1. The lowest BCUT2D eigenvalue weighted by molar-refractivity contribution is -0.123. The van der Waals surface area contributed by atoms with Crippen molar-refractivity contribution in [2.24, 2.45) is 5.41 Å². The summed E-state index contributed by atoms with van der Waals surface area (Å²) in [4.78, 5) is 15.0. The monoisotopic (exact) mass is 328 g/mol. The van der Waals surface area contributed by atoms with E-state index in [2.05, 4.69) is 68.2 Å². The van der Waals surface area contributed by atoms with Crippen molar-refractivity contribution in [3.8, 4) is 0 Å². The molecular weight excluding hydrogens is 296 g/mol. The van der Waals surface area contributed by atoms with E-state index in [1.807, 2.05) is 0 Å². The van der Waals surface area contributed by atoms with E-state index in [0.717, 1.165) is 25.8 Å². The minimum atomic E-state index is -0.107. The summed E-state index contributed by atoms with van der Waals surface area (Å²) in [5.41, 5.74) is 1.46. The van der Waals surface area contributed by atoms with Crippen molar-refractivity contribution in [2.45, 2.75) is 84.0 Å². The Hall–Kier alpha value is -1.35. The topological polar surface area (TPSA) is 32.3 Å². The SMILES string of the molecule is CC(C)(C)[C@@H]1C[C@]2(C)NC(=O)CCCC[C@@H]2N1Cc1ccccc1. The summed E-state index contributed by atoms with van der Waals surface area (Å²) in [5, 5.41) is 3.39. The number of carbonyl (C=O) groups is 1. The first-order chi connectivity index (χ1) is 11.3. The first kappa shape index (κ1) is 17.5. The highest BCUT2D eigenvalue weighted by atomic mass is 16.1. The second kappa shape index (κ2) is 6.51. The maximum absolute atomic E-state index is 12.3. The number of hydrogen-bond acceptors (Lipinski definition) is 2. The predicted molar refractivity (Wildman–Crippen MR) is 98.6 cm³/mol. The van der Waals surface area contributed by atoms with Gasteiger partial charge in [0.1, 0.15) is 0 Å². The van der Waals surface area contributed by atoms with E-state index in [1.54, 1.807) is 0 Å². The Labute approximate surface area is 146 Å². The molecule has 0 spiro atoms. The molecule has 3 atom stereocenters. The molecule has 0 aromatic heterocycles. The average Bonchev–Trinajstić information content (AvgIpc) is 2.75. The van der Waals surface area contributed by atoms with E-state index in [4.69, 9.17) is 0 Å². The van der Waals surface area contributed by atoms with Crippen LogP contribution >= 0.6 is 0 Å². The zero-order valence-corrected chi connectivity index (χ0v) is 15.6. The Morgan fingerprint density at radius 3 is 2.58 bits per heavy atom. The molecule has 1 amide bonds. The normalized spacial score (nSPS) is 31.9. The number of benzene rings is 1. The van der Waals surface area contributed by atoms with Crippen LogP contribution in [0.2, 0.25) is 0 Å². The van der Waals surface area contributed by atoms with Crippen LogP contribution in [0.25, 0.3) is 0 Å². The Bertz CT molecular complexity index is 577. The molecule has 2 heterocycles. The molecule has 1 N–H and O–H groups in total. The summed E-state index contributed by atoms with van der Waals surface area (Å²) in [6.07, 6.45) is 5.06. The van der Waals surface area contributed by atoms with Crippen LogP contribution in [0.3, 0.4) is 0 Å². The lowest BCUT2D eigenvalue weighted by atomic mass is 9.80. The lowest BCUT2D eigenvalue weighted by Gasteiger charge is -2.40. The molecule has 1 aromatic carbocycles. The van der Waals surface area contributed by atoms with Gasteiger partial charge in [0.2, 0.25) is 5.91 Å². The molecule has 0 saturated carbocycles. The third-order valence-corrected chi connectivity index (χ3v) is 5.92. The van der Waals surface area contributed by atoms with E-state index >= 15 is 0 Å². The van der Waals surface area contributed by atoms with Gasteiger partial charge in [-0.2, -0.15) is 0 Å². The van der Waals surface area contributed by atoms with Gasteiger partial charge >= 0.3 is 0 Å². The van der Waals surface area contributed by atoms with Gasteiger partial charge in [-0.15, -0.1) is 0 Å². The molecule has 3 rings (SSSR count). The van der Waals surface area contributed by atoms with Crippen LogP contribution in [0.5, 0.6) is 0 Å². The molecule has 0 aliphatic carbocycles. The van der Waals surface area contributed by atoms with Crippen molar-refractivity contribution in [1.82, 2.24) is 10.2 Å². The maximum Gasteiger partial charge on any atom is 0.220 e. The molecule has 2 fully saturated rings. The summed E-state index contributed by atoms with van der Waals surface area (Å²) in [7, 11) is 0. The third-order valence-electron chi connectivity index (χ3n) is 5.92. The van der Waals surface area contributed by atoms with Crippen LogP contribution in [0.4, 0.5) is 0 Å². The fourth-order valence-electron chi connectivity index (χ4n) is 4.68. The zero-order valence-electron chi connectivity index (χ0n) is 15.6. The van der Waals surface area contributed by atoms with Crippen molar-refractivity contribution in [3.63, 3.8) is 0 Å². The number of hydrogen-bond donors (Lipinski definition) is 1. The van der Waals surface area contributed by atoms with E-state index in [0.29, 0.717) is 18.5 Å². The first-order valence-electron chi connectivity index (χ1n) is 9.40. The lowest BCUT2D eigenvalue weighted by Crippen LogP contribution is -2.55. The van der Waals surface area contributed by atoms with Gasteiger partial charge in [-0.3, -0.25) is 9.69 Å². The molecule has 3 heteroatoms. The summed E-state index contributed by atoms with van der Waals surface area (Å²) in [6, 6.07) is 11.7. The van der Waals surface area contributed by atoms with Gasteiger partial charge in [0.15, 0.2) is 0 Å². The molecule has 0 unspecified atom stereocenters. The maximum atomic E-state index is 12.3. The fourth-order valence-corrected chi connectivity index (χ4v) is 4.68. The minimum absolute atomic E-state index is 0.107. The summed E-state index contributed by atoms with van der Waals surface area (Å²) in [6.45, 7) is 10.2. The number of likely N-dealkylation sites (tertiary alicyclic amines) is 1. The van der Waals surface area contributed by atoms with Crippen molar-refractivity contribution in [3.05, 3.63) is 35.9 Å². The van der Waals surface area contributed by atoms with Crippen LogP contribution < -0.4 is 5.32 Å². The number of nitrogens with one attached hydrogen (secondary N) is 1. The van der Waals surface area contributed by atoms with Gasteiger partial charge in [0, 0.05) is 25.0 Å². The average molecular weight is 328 g/mol. The van der Waals surface area contributed by atoms with Gasteiger partial charge in [0.25, 0.3) is 0 Å². The number of nitrogens with zero attached hydrogens (tertiary/aromatic N) is 1. The van der Waals surface area contributed by atoms with Crippen molar-refractivity contribution >= 4 is 5.91 Å². The van der Waals surface area contributed by atoms with Crippen LogP contribution in [0.15, 0.2) is 30.3 Å². The van der Waals surface area contributed by atoms with Crippen LogP contribution in [-0.2, 0) is 11.3 Å². The van der Waals surface area contributed by atoms with Gasteiger partial charge in [-0.1, -0.05) is 57.5 Å². The highest BCUT2D eigenvalue weighted by molar-refractivity contribution is 5.77. The minimum Gasteiger partial charge on any atom is -0.349 e. The standard InChI is InChI=1S/C21H32N2O/c1-20(2,3)18-14-21(4)17(12-8-9-13-19(24)22-21)23(18)15-16-10-6-5-7-11-16/h5-7,10-11,17-18H,8-9,12-15H2,1-4H3,(H,22,24)/t17-,18-,21-/m0/s1. The molecule has 0 bridgehead atoms. The molecule has 0 radical (unpaired) electrons.